The van der Waals surface area contributed by atoms with E-state index >= 15 is 0 Å². The highest BCUT2D eigenvalue weighted by Crippen LogP contribution is 2.19. The van der Waals surface area contributed by atoms with Crippen molar-refractivity contribution in [2.75, 3.05) is 7.11 Å². The monoisotopic (exact) mass is 293 g/mol. The zero-order valence-corrected chi connectivity index (χ0v) is 13.4. The van der Waals surface area contributed by atoms with Crippen LogP contribution in [0.2, 0.25) is 0 Å². The highest BCUT2D eigenvalue weighted by molar-refractivity contribution is 5.92. The Morgan fingerprint density at radius 3 is 2.38 bits per heavy atom. The van der Waals surface area contributed by atoms with Crippen LogP contribution in [0.5, 0.6) is 5.75 Å². The lowest BCUT2D eigenvalue weighted by Gasteiger charge is -2.23. The summed E-state index contributed by atoms with van der Waals surface area (Å²) in [5, 5.41) is 2.77. The predicted octanol–water partition coefficient (Wildman–Crippen LogP) is 2.46. The molecule has 0 radical (unpaired) electrons. The van der Waals surface area contributed by atoms with Crippen molar-refractivity contribution in [2.24, 2.45) is 0 Å². The Labute approximate surface area is 125 Å². The number of benzene rings is 1. The van der Waals surface area contributed by atoms with Crippen molar-refractivity contribution in [3.8, 4) is 5.75 Å². The standard InChI is InChI=1S/C16H23NO4/c1-10-7-8-12(9-13(10)20-6)15(19)21-11(2)14(18)17-16(3,4)5/h7-9,11H,1-6H3,(H,17,18). The van der Waals surface area contributed by atoms with Crippen LogP contribution in [0, 0.1) is 6.92 Å². The normalized spacial score (nSPS) is 12.5. The molecule has 1 unspecified atom stereocenters. The van der Waals surface area contributed by atoms with Crippen molar-refractivity contribution >= 4 is 11.9 Å². The van der Waals surface area contributed by atoms with Crippen molar-refractivity contribution in [3.63, 3.8) is 0 Å². The van der Waals surface area contributed by atoms with Crippen LogP contribution in [0.1, 0.15) is 43.6 Å². The van der Waals surface area contributed by atoms with E-state index in [0.29, 0.717) is 11.3 Å². The maximum absolute atomic E-state index is 12.0. The number of carbonyl (C=O) groups is 2. The number of aryl methyl sites for hydroxylation is 1. The molecule has 0 aliphatic heterocycles. The van der Waals surface area contributed by atoms with Crippen LogP contribution in [0.3, 0.4) is 0 Å². The van der Waals surface area contributed by atoms with Crippen molar-refractivity contribution < 1.29 is 19.1 Å². The second-order valence-corrected chi connectivity index (χ2v) is 5.97. The van der Waals surface area contributed by atoms with Gasteiger partial charge in [0.2, 0.25) is 0 Å². The summed E-state index contributed by atoms with van der Waals surface area (Å²) in [6, 6.07) is 5.02. The lowest BCUT2D eigenvalue weighted by molar-refractivity contribution is -0.130. The minimum absolute atomic E-state index is 0.324. The topological polar surface area (TPSA) is 64.6 Å². The Morgan fingerprint density at radius 2 is 1.86 bits per heavy atom. The van der Waals surface area contributed by atoms with Gasteiger partial charge >= 0.3 is 5.97 Å². The molecule has 0 fully saturated rings. The molecule has 5 nitrogen and oxygen atoms in total. The number of nitrogens with one attached hydrogen (secondary N) is 1. The molecule has 0 aliphatic rings. The third-order valence-corrected chi connectivity index (χ3v) is 2.80. The molecule has 0 heterocycles. The van der Waals surface area contributed by atoms with Crippen LogP contribution in [0.15, 0.2) is 18.2 Å². The van der Waals surface area contributed by atoms with E-state index in [4.69, 9.17) is 9.47 Å². The van der Waals surface area contributed by atoms with Crippen LogP contribution in [-0.2, 0) is 9.53 Å². The number of hydrogen-bond acceptors (Lipinski definition) is 4. The van der Waals surface area contributed by atoms with E-state index in [1.54, 1.807) is 25.1 Å². The molecule has 1 atom stereocenters. The van der Waals surface area contributed by atoms with Crippen molar-refractivity contribution in [3.05, 3.63) is 29.3 Å². The molecule has 1 rings (SSSR count). The van der Waals surface area contributed by atoms with Crippen LogP contribution < -0.4 is 10.1 Å². The van der Waals surface area contributed by atoms with Gasteiger partial charge in [-0.15, -0.1) is 0 Å². The van der Waals surface area contributed by atoms with Crippen molar-refractivity contribution in [1.82, 2.24) is 5.32 Å². The molecule has 1 N–H and O–H groups in total. The lowest BCUT2D eigenvalue weighted by atomic mass is 10.1. The summed E-state index contributed by atoms with van der Waals surface area (Å²) in [6.07, 6.45) is -0.857. The van der Waals surface area contributed by atoms with Crippen LogP contribution >= 0.6 is 0 Å². The Kier molecular flexibility index (Phi) is 5.35. The molecule has 0 spiro atoms. The molecule has 21 heavy (non-hydrogen) atoms. The Balaban J connectivity index is 2.75. The summed E-state index contributed by atoms with van der Waals surface area (Å²) in [7, 11) is 1.54. The first-order valence-corrected chi connectivity index (χ1v) is 6.81. The first-order valence-electron chi connectivity index (χ1n) is 6.81. The smallest absolute Gasteiger partial charge is 0.339 e. The van der Waals surface area contributed by atoms with Gasteiger partial charge in [-0.05, 0) is 52.3 Å². The zero-order chi connectivity index (χ0) is 16.2. The number of rotatable bonds is 4. The van der Waals surface area contributed by atoms with E-state index in [1.165, 1.54) is 7.11 Å². The van der Waals surface area contributed by atoms with Crippen molar-refractivity contribution in [2.45, 2.75) is 46.3 Å². The summed E-state index contributed by atoms with van der Waals surface area (Å²) in [5.74, 6) is -0.268. The first kappa shape index (κ1) is 17.0. The fraction of sp³-hybridized carbons (Fsp3) is 0.500. The number of amides is 1. The van der Waals surface area contributed by atoms with E-state index in [1.807, 2.05) is 27.7 Å². The van der Waals surface area contributed by atoms with Gasteiger partial charge in [0, 0.05) is 5.54 Å². The van der Waals surface area contributed by atoms with Crippen molar-refractivity contribution in [1.29, 1.82) is 0 Å². The second-order valence-electron chi connectivity index (χ2n) is 5.97. The number of methoxy groups -OCH3 is 1. The average Bonchev–Trinajstić information content (AvgIpc) is 2.37. The minimum Gasteiger partial charge on any atom is -0.496 e. The third kappa shape index (κ3) is 5.10. The van der Waals surface area contributed by atoms with Gasteiger partial charge in [-0.1, -0.05) is 6.07 Å². The summed E-state index contributed by atoms with van der Waals surface area (Å²) < 4.78 is 10.3. The molecule has 0 saturated heterocycles. The van der Waals surface area contributed by atoms with E-state index in [-0.39, 0.29) is 11.4 Å². The van der Waals surface area contributed by atoms with Crippen LogP contribution in [0.25, 0.3) is 0 Å². The van der Waals surface area contributed by atoms with Gasteiger partial charge < -0.3 is 14.8 Å². The van der Waals surface area contributed by atoms with Gasteiger partial charge in [0.25, 0.3) is 5.91 Å². The summed E-state index contributed by atoms with van der Waals surface area (Å²) in [4.78, 5) is 23.9. The molecule has 0 saturated carbocycles. The van der Waals surface area contributed by atoms with E-state index in [2.05, 4.69) is 5.32 Å². The first-order chi connectivity index (χ1) is 9.64. The van der Waals surface area contributed by atoms with Gasteiger partial charge in [0.15, 0.2) is 6.10 Å². The van der Waals surface area contributed by atoms with E-state index < -0.39 is 12.1 Å². The molecular weight excluding hydrogens is 270 g/mol. The van der Waals surface area contributed by atoms with Gasteiger partial charge in [0.1, 0.15) is 5.75 Å². The molecular formula is C16H23NO4. The third-order valence-electron chi connectivity index (χ3n) is 2.80. The van der Waals surface area contributed by atoms with Crippen LogP contribution in [0.4, 0.5) is 0 Å². The molecule has 1 amide bonds. The predicted molar refractivity (Wildman–Crippen MR) is 80.5 cm³/mol. The van der Waals surface area contributed by atoms with E-state index in [9.17, 15) is 9.59 Å². The quantitative estimate of drug-likeness (QED) is 0.866. The zero-order valence-electron chi connectivity index (χ0n) is 13.4. The maximum atomic E-state index is 12.0. The molecule has 0 aliphatic carbocycles. The molecule has 1 aromatic rings. The van der Waals surface area contributed by atoms with Gasteiger partial charge in [-0.2, -0.15) is 0 Å². The van der Waals surface area contributed by atoms with E-state index in [0.717, 1.165) is 5.56 Å². The minimum atomic E-state index is -0.857. The molecule has 0 aromatic heterocycles. The lowest BCUT2D eigenvalue weighted by Crippen LogP contribution is -2.46. The Hall–Kier alpha value is -2.04. The van der Waals surface area contributed by atoms with Crippen LogP contribution in [-0.4, -0.2) is 30.6 Å². The maximum Gasteiger partial charge on any atom is 0.339 e. The SMILES string of the molecule is COc1cc(C(=O)OC(C)C(=O)NC(C)(C)C)ccc1C. The molecule has 1 aromatic carbocycles. The summed E-state index contributed by atoms with van der Waals surface area (Å²) >= 11 is 0. The highest BCUT2D eigenvalue weighted by atomic mass is 16.5. The summed E-state index contributed by atoms with van der Waals surface area (Å²) in [5.41, 5.74) is 0.908. The number of ether oxygens (including phenoxy) is 2. The Bertz CT molecular complexity index is 532. The number of hydrogen-bond donors (Lipinski definition) is 1. The number of esters is 1. The average molecular weight is 293 g/mol. The molecule has 0 bridgehead atoms. The summed E-state index contributed by atoms with van der Waals surface area (Å²) in [6.45, 7) is 9.02. The highest BCUT2D eigenvalue weighted by Gasteiger charge is 2.23. The fourth-order valence-corrected chi connectivity index (χ4v) is 1.70. The second kappa shape index (κ2) is 6.61. The van der Waals surface area contributed by atoms with Gasteiger partial charge in [-0.25, -0.2) is 4.79 Å². The molecule has 116 valence electrons. The Morgan fingerprint density at radius 1 is 1.24 bits per heavy atom. The number of carbonyl (C=O) groups excluding carboxylic acids is 2. The molecule has 5 heteroatoms. The fourth-order valence-electron chi connectivity index (χ4n) is 1.70. The largest absolute Gasteiger partial charge is 0.496 e. The van der Waals surface area contributed by atoms with Gasteiger partial charge in [0.05, 0.1) is 12.7 Å². The van der Waals surface area contributed by atoms with Gasteiger partial charge in [-0.3, -0.25) is 4.79 Å².